The van der Waals surface area contributed by atoms with Gasteiger partial charge in [-0.05, 0) is 93.5 Å². The van der Waals surface area contributed by atoms with Crippen molar-refractivity contribution < 1.29 is 10.2 Å². The number of rotatable bonds is 2. The molecule has 0 spiro atoms. The lowest BCUT2D eigenvalue weighted by Crippen LogP contribution is -2.03. The second-order valence-corrected chi connectivity index (χ2v) is 6.45. The van der Waals surface area contributed by atoms with Crippen LogP contribution in [0.2, 0.25) is 0 Å². The lowest BCUT2D eigenvalue weighted by molar-refractivity contribution is 0.458. The van der Waals surface area contributed by atoms with Gasteiger partial charge in [0.2, 0.25) is 0 Å². The third kappa shape index (κ3) is 4.00. The number of hydrogen-bond donors (Lipinski definition) is 2. The first kappa shape index (κ1) is 21.5. The van der Waals surface area contributed by atoms with E-state index >= 15 is 0 Å². The van der Waals surface area contributed by atoms with Crippen molar-refractivity contribution in [1.29, 1.82) is 0 Å². The van der Waals surface area contributed by atoms with E-state index in [1.165, 1.54) is 11.1 Å². The molecule has 0 heterocycles. The minimum absolute atomic E-state index is 0.315. The summed E-state index contributed by atoms with van der Waals surface area (Å²) in [6.45, 7) is 14.3. The molecule has 0 radical (unpaired) electrons. The zero-order valence-corrected chi connectivity index (χ0v) is 19.7. The van der Waals surface area contributed by atoms with Gasteiger partial charge < -0.3 is 10.2 Å². The number of aryl methyl sites for hydroxylation is 1. The van der Waals surface area contributed by atoms with Crippen LogP contribution < -0.4 is 0 Å². The van der Waals surface area contributed by atoms with Crippen LogP contribution in [-0.4, -0.2) is 10.2 Å². The summed E-state index contributed by atoms with van der Waals surface area (Å²) >= 11 is 4.24. The molecule has 0 bridgehead atoms. The van der Waals surface area contributed by atoms with Crippen LogP contribution >= 0.6 is 37.2 Å². The summed E-state index contributed by atoms with van der Waals surface area (Å²) in [7, 11) is 0. The highest BCUT2D eigenvalue weighted by molar-refractivity contribution is 15.0. The Morgan fingerprint density at radius 2 is 1.12 bits per heavy atom. The highest BCUT2D eigenvalue weighted by Gasteiger charge is 2.18. The molecular formula is C20H26I2O2. The van der Waals surface area contributed by atoms with Crippen molar-refractivity contribution in [1.82, 2.24) is 0 Å². The molecule has 0 saturated heterocycles. The average molecular weight is 552 g/mol. The van der Waals surface area contributed by atoms with E-state index in [2.05, 4.69) is 51.1 Å². The van der Waals surface area contributed by atoms with E-state index in [-0.39, 0.29) is 0 Å². The highest BCUT2D eigenvalue weighted by atomic mass is 128. The smallest absolute Gasteiger partial charge is 0.122 e. The first-order valence-electron chi connectivity index (χ1n) is 7.87. The molecule has 0 aliphatic rings. The maximum Gasteiger partial charge on any atom is 0.122 e. The van der Waals surface area contributed by atoms with Gasteiger partial charge in [-0.3, -0.25) is 0 Å². The van der Waals surface area contributed by atoms with Crippen molar-refractivity contribution in [2.24, 2.45) is 0 Å². The van der Waals surface area contributed by atoms with E-state index in [0.717, 1.165) is 38.9 Å². The lowest BCUT2D eigenvalue weighted by atomic mass is 9.87. The standard InChI is InChI=1S/C20H26O2.I2/c1-10-8-19(21)17(14(5)11(10)2)9-18-15(6)12(3)13(4)16(7)20(18)22;1-2/h8,21-22H,9H2,1-7H3;. The Hall–Kier alpha value is -0.500. The first-order valence-corrected chi connectivity index (χ1v) is 14.2. The molecule has 0 aliphatic heterocycles. The van der Waals surface area contributed by atoms with E-state index in [1.807, 2.05) is 40.7 Å². The lowest BCUT2D eigenvalue weighted by Gasteiger charge is -2.19. The minimum atomic E-state index is 0.315. The normalized spacial score (nSPS) is 10.4. The maximum atomic E-state index is 10.6. The Bertz CT molecular complexity index is 736. The molecule has 4 heteroatoms. The van der Waals surface area contributed by atoms with Crippen molar-refractivity contribution in [3.05, 3.63) is 56.1 Å². The SMILES string of the molecule is Cc1cc(O)c(Cc2c(C)c(C)c(C)c(C)c2O)c(C)c1C.II. The summed E-state index contributed by atoms with van der Waals surface area (Å²) in [5.41, 5.74) is 9.61. The molecule has 0 aromatic heterocycles. The van der Waals surface area contributed by atoms with Gasteiger partial charge >= 0.3 is 0 Å². The maximum absolute atomic E-state index is 10.6. The van der Waals surface area contributed by atoms with Crippen LogP contribution in [0.3, 0.4) is 0 Å². The number of halogens is 2. The van der Waals surface area contributed by atoms with Crippen LogP contribution in [-0.2, 0) is 6.42 Å². The fourth-order valence-corrected chi connectivity index (χ4v) is 3.10. The summed E-state index contributed by atoms with van der Waals surface area (Å²) in [4.78, 5) is 0. The Kier molecular flexibility index (Phi) is 7.84. The summed E-state index contributed by atoms with van der Waals surface area (Å²) in [6, 6.07) is 1.82. The molecule has 2 aromatic rings. The van der Waals surface area contributed by atoms with Crippen molar-refractivity contribution in [3.8, 4) is 11.5 Å². The molecular weight excluding hydrogens is 526 g/mol. The number of phenols is 2. The Balaban J connectivity index is 0.00000139. The Morgan fingerprint density at radius 1 is 0.667 bits per heavy atom. The van der Waals surface area contributed by atoms with Gasteiger partial charge in [-0.2, -0.15) is 0 Å². The number of hydrogen-bond acceptors (Lipinski definition) is 2. The van der Waals surface area contributed by atoms with E-state index in [0.29, 0.717) is 17.9 Å². The Labute approximate surface area is 169 Å². The van der Waals surface area contributed by atoms with Crippen LogP contribution in [0.25, 0.3) is 0 Å². The largest absolute Gasteiger partial charge is 0.508 e. The molecule has 0 amide bonds. The molecule has 0 aliphatic carbocycles. The first-order chi connectivity index (χ1) is 11.2. The number of aromatic hydroxyl groups is 2. The zero-order chi connectivity index (χ0) is 18.8. The van der Waals surface area contributed by atoms with Gasteiger partial charge in [0.05, 0.1) is 0 Å². The van der Waals surface area contributed by atoms with Gasteiger partial charge in [0.25, 0.3) is 0 Å². The van der Waals surface area contributed by atoms with E-state index in [9.17, 15) is 10.2 Å². The summed E-state index contributed by atoms with van der Waals surface area (Å²) in [6.07, 6.45) is 0.554. The van der Waals surface area contributed by atoms with Crippen LogP contribution in [0.15, 0.2) is 6.07 Å². The van der Waals surface area contributed by atoms with Crippen LogP contribution in [0.1, 0.15) is 50.1 Å². The van der Waals surface area contributed by atoms with E-state index in [4.69, 9.17) is 0 Å². The van der Waals surface area contributed by atoms with Gasteiger partial charge in [0, 0.05) is 54.8 Å². The minimum Gasteiger partial charge on any atom is -0.508 e. The average Bonchev–Trinajstić information content (AvgIpc) is 2.57. The molecule has 132 valence electrons. The molecule has 2 N–H and O–H groups in total. The fourth-order valence-electron chi connectivity index (χ4n) is 3.10. The van der Waals surface area contributed by atoms with Gasteiger partial charge in [-0.25, -0.2) is 0 Å². The van der Waals surface area contributed by atoms with Gasteiger partial charge in [-0.15, -0.1) is 0 Å². The Morgan fingerprint density at radius 3 is 1.67 bits per heavy atom. The quantitative estimate of drug-likeness (QED) is 0.412. The van der Waals surface area contributed by atoms with Crippen LogP contribution in [0, 0.1) is 48.5 Å². The summed E-state index contributed by atoms with van der Waals surface area (Å²) in [5.74, 6) is 0.674. The van der Waals surface area contributed by atoms with Gasteiger partial charge in [0.1, 0.15) is 11.5 Å². The third-order valence-electron chi connectivity index (χ3n) is 5.40. The monoisotopic (exact) mass is 552 g/mol. The number of benzene rings is 2. The van der Waals surface area contributed by atoms with Gasteiger partial charge in [0.15, 0.2) is 0 Å². The zero-order valence-electron chi connectivity index (χ0n) is 15.4. The van der Waals surface area contributed by atoms with E-state index < -0.39 is 0 Å². The molecule has 24 heavy (non-hydrogen) atoms. The number of phenolic OH excluding ortho intramolecular Hbond substituents is 2. The summed E-state index contributed by atoms with van der Waals surface area (Å²) in [5, 5.41) is 20.9. The predicted molar refractivity (Wildman–Crippen MR) is 120 cm³/mol. The van der Waals surface area contributed by atoms with Crippen molar-refractivity contribution >= 4 is 37.2 Å². The van der Waals surface area contributed by atoms with Gasteiger partial charge in [-0.1, -0.05) is 0 Å². The van der Waals surface area contributed by atoms with Crippen molar-refractivity contribution in [3.63, 3.8) is 0 Å². The third-order valence-corrected chi connectivity index (χ3v) is 5.40. The molecule has 2 rings (SSSR count). The molecule has 0 fully saturated rings. The molecule has 0 unspecified atom stereocenters. The summed E-state index contributed by atoms with van der Waals surface area (Å²) < 4.78 is 0. The van der Waals surface area contributed by atoms with Crippen molar-refractivity contribution in [2.75, 3.05) is 0 Å². The molecule has 2 nitrogen and oxygen atoms in total. The van der Waals surface area contributed by atoms with Crippen molar-refractivity contribution in [2.45, 2.75) is 54.9 Å². The van der Waals surface area contributed by atoms with Crippen LogP contribution in [0.5, 0.6) is 11.5 Å². The topological polar surface area (TPSA) is 40.5 Å². The highest BCUT2D eigenvalue weighted by Crippen LogP contribution is 2.36. The second-order valence-electron chi connectivity index (χ2n) is 6.45. The fraction of sp³-hybridized carbons (Fsp3) is 0.400. The van der Waals surface area contributed by atoms with Crippen LogP contribution in [0.4, 0.5) is 0 Å². The molecule has 2 aromatic carbocycles. The second kappa shape index (κ2) is 8.74. The van der Waals surface area contributed by atoms with E-state index in [1.54, 1.807) is 0 Å². The molecule has 0 saturated carbocycles. The molecule has 0 atom stereocenters. The predicted octanol–water partition coefficient (Wildman–Crippen LogP) is 6.62.